The Bertz CT molecular complexity index is 25.2. The molecule has 0 unspecified atom stereocenters. The molecule has 0 amide bonds. The molecule has 0 saturated carbocycles. The second kappa shape index (κ2) is 17.5. The first kappa shape index (κ1) is 16.0. The fraction of sp³-hybridized carbons (Fsp3) is 0. The van der Waals surface area contributed by atoms with Gasteiger partial charge in [-0.25, -0.2) is 0 Å². The molecule has 0 aromatic carbocycles. The van der Waals surface area contributed by atoms with Crippen LogP contribution in [0.4, 0.5) is 0 Å². The summed E-state index contributed by atoms with van der Waals surface area (Å²) in [5.74, 6) is 0. The summed E-state index contributed by atoms with van der Waals surface area (Å²) in [5.41, 5.74) is 0. The third kappa shape index (κ3) is 28.1. The predicted octanol–water partition coefficient (Wildman–Crippen LogP) is -1.78. The van der Waals surface area contributed by atoms with Crippen molar-refractivity contribution in [1.82, 2.24) is 0 Å². The van der Waals surface area contributed by atoms with Crippen molar-refractivity contribution in [2.24, 2.45) is 0 Å². The molecule has 0 aromatic heterocycles. The molecule has 0 bridgehead atoms. The molecule has 28 valence electrons. The molecular weight excluding hydrogens is 126 g/mol. The van der Waals surface area contributed by atoms with Gasteiger partial charge in [-0.05, 0) is 0 Å². The molecule has 5 heteroatoms. The van der Waals surface area contributed by atoms with Crippen LogP contribution in [-0.4, -0.2) is 50.3 Å². The van der Waals surface area contributed by atoms with Crippen LogP contribution < -0.4 is 0 Å². The Morgan fingerprint density at radius 1 is 1.80 bits per heavy atom. The summed E-state index contributed by atoms with van der Waals surface area (Å²) in [6.07, 6.45) is 0. The second-order valence-electron chi connectivity index (χ2n) is 0.183. The van der Waals surface area contributed by atoms with Crippen molar-refractivity contribution >= 4 is 58.3 Å². The Kier molecular flexibility index (Phi) is 55.8. The Morgan fingerprint density at radius 2 is 1.80 bits per heavy atom. The van der Waals surface area contributed by atoms with Crippen LogP contribution in [0.3, 0.4) is 0 Å². The van der Waals surface area contributed by atoms with Crippen LogP contribution in [0, 0.1) is 0 Å². The molecule has 0 rings (SSSR count). The number of rotatable bonds is 0. The summed E-state index contributed by atoms with van der Waals surface area (Å²) in [5, 5.41) is 0. The summed E-state index contributed by atoms with van der Waals surface area (Å²) in [6.45, 7) is 0. The van der Waals surface area contributed by atoms with E-state index in [1.807, 2.05) is 0 Å². The normalized spacial score (nSPS) is 4.80. The Hall–Kier alpha value is 1.62. The fourth-order valence-corrected chi connectivity index (χ4v) is 0. The van der Waals surface area contributed by atoms with Crippen molar-refractivity contribution < 1.29 is 7.42 Å². The Morgan fingerprint density at radius 3 is 1.80 bits per heavy atom. The van der Waals surface area contributed by atoms with Gasteiger partial charge in [-0.15, -0.1) is 0 Å². The van der Waals surface area contributed by atoms with Crippen molar-refractivity contribution in [3.63, 3.8) is 0 Å². The molecule has 0 aliphatic carbocycles. The van der Waals surface area contributed by atoms with Gasteiger partial charge in [0.05, 0.1) is 0 Å². The van der Waals surface area contributed by atoms with Gasteiger partial charge in [0.2, 0.25) is 0 Å². The van der Waals surface area contributed by atoms with E-state index in [9.17, 15) is 0 Å². The summed E-state index contributed by atoms with van der Waals surface area (Å²) in [4.78, 5) is 0. The zero-order valence-electron chi connectivity index (χ0n) is 4.56. The van der Waals surface area contributed by atoms with E-state index < -0.39 is 0 Å². The third-order valence-corrected chi connectivity index (χ3v) is 0. The van der Waals surface area contributed by atoms with E-state index in [2.05, 4.69) is 0 Å². The molecule has 0 saturated heterocycles. The minimum atomic E-state index is 0. The zero-order valence-corrected chi connectivity index (χ0v) is 6.87. The first-order chi connectivity index (χ1) is 1.41. The van der Waals surface area contributed by atoms with Crippen molar-refractivity contribution in [3.05, 3.63) is 0 Å². The predicted molar refractivity (Wildman–Crippen MR) is 35.5 cm³/mol. The molecule has 0 N–H and O–H groups in total. The van der Waals surface area contributed by atoms with Crippen molar-refractivity contribution in [3.8, 4) is 0 Å². The van der Waals surface area contributed by atoms with Gasteiger partial charge in [0, 0.05) is 0 Å². The minimum absolute atomic E-state index is 0. The van der Waals surface area contributed by atoms with Gasteiger partial charge in [0.25, 0.3) is 0 Å². The van der Waals surface area contributed by atoms with Gasteiger partial charge < -0.3 is 2.85 Å². The van der Waals surface area contributed by atoms with Crippen LogP contribution in [0.5, 0.6) is 0 Å². The van der Waals surface area contributed by atoms with Crippen LogP contribution >= 0.6 is 8.01 Å². The van der Waals surface area contributed by atoms with Crippen molar-refractivity contribution in [1.29, 1.82) is 0 Å². The van der Waals surface area contributed by atoms with Gasteiger partial charge in [0.15, 0.2) is 17.4 Å². The molecule has 0 aliphatic rings. The number of hydrogen-bond donors (Lipinski definition) is 0. The number of hydrogen-bond acceptors (Lipinski definition) is 1. The largest absolute Gasteiger partial charge is 2.00 e. The fourth-order valence-electron chi connectivity index (χ4n) is 0. The first-order valence-electron chi connectivity index (χ1n) is 0.630. The van der Waals surface area contributed by atoms with Crippen LogP contribution in [0.25, 0.3) is 0 Å². The van der Waals surface area contributed by atoms with Gasteiger partial charge in [-0.2, -0.15) is 0 Å². The summed E-state index contributed by atoms with van der Waals surface area (Å²) in [6, 6.07) is 0. The molecule has 0 atom stereocenters. The van der Waals surface area contributed by atoms with Gasteiger partial charge in [0.1, 0.15) is 17.9 Å². The van der Waals surface area contributed by atoms with Gasteiger partial charge >= 0.3 is 23.1 Å². The molecular formula is H8AlMgOPSi. The standard InChI is InChI=1S/Al.Mg.H3OPSi.5H/c;;1-2-3;;;;;/h;;3H3;;;;;/q;+2;;;;;2*-1. The van der Waals surface area contributed by atoms with E-state index in [0.717, 1.165) is 9.91 Å². The smallest absolute Gasteiger partial charge is 1.00 e. The summed E-state index contributed by atoms with van der Waals surface area (Å²) >= 11 is 0. The van der Waals surface area contributed by atoms with Crippen LogP contribution in [-0.2, 0) is 4.57 Å². The molecule has 5 heavy (non-hydrogen) atoms. The average Bonchev–Trinajstić information content (AvgIpc) is 0.918. The molecule has 0 spiro atoms. The van der Waals surface area contributed by atoms with E-state index in [1.54, 1.807) is 0 Å². The van der Waals surface area contributed by atoms with Crippen LogP contribution in [0.1, 0.15) is 2.85 Å². The molecule has 1 nitrogen and oxygen atoms in total. The SMILES string of the molecule is O=P[SiH3].[AlH3].[H-].[H-].[Mg+2]. The maximum absolute atomic E-state index is 8.96. The average molecular weight is 134 g/mol. The summed E-state index contributed by atoms with van der Waals surface area (Å²) in [7, 11) is 1.09. The van der Waals surface area contributed by atoms with Gasteiger partial charge in [-0.1, -0.05) is 0 Å². The second-order valence-corrected chi connectivity index (χ2v) is 1.64. The molecule has 0 radical (unpaired) electrons. The maximum Gasteiger partial charge on any atom is 2.00 e. The summed E-state index contributed by atoms with van der Waals surface area (Å²) < 4.78 is 8.96. The third-order valence-electron chi connectivity index (χ3n) is 0. The van der Waals surface area contributed by atoms with Crippen LogP contribution in [0.15, 0.2) is 0 Å². The van der Waals surface area contributed by atoms with Crippen LogP contribution in [0.2, 0.25) is 0 Å². The van der Waals surface area contributed by atoms with Gasteiger partial charge in [-0.3, -0.25) is 4.57 Å². The van der Waals surface area contributed by atoms with E-state index in [-0.39, 0.29) is 43.3 Å². The maximum atomic E-state index is 8.96. The Labute approximate surface area is 65.6 Å². The minimum Gasteiger partial charge on any atom is -1.00 e. The van der Waals surface area contributed by atoms with E-state index in [1.165, 1.54) is 0 Å². The van der Waals surface area contributed by atoms with Crippen molar-refractivity contribution in [2.45, 2.75) is 0 Å². The first-order valence-corrected chi connectivity index (χ1v) is 4.57. The molecule has 0 heterocycles. The monoisotopic (exact) mass is 134 g/mol. The Balaban J connectivity index is -0.00000000333. The van der Waals surface area contributed by atoms with Crippen molar-refractivity contribution in [2.75, 3.05) is 0 Å². The van der Waals surface area contributed by atoms with E-state index in [4.69, 9.17) is 4.57 Å². The molecule has 0 aliphatic heterocycles. The van der Waals surface area contributed by atoms with E-state index in [0.29, 0.717) is 8.01 Å². The zero-order chi connectivity index (χ0) is 2.71. The van der Waals surface area contributed by atoms with E-state index >= 15 is 0 Å². The molecule has 0 aromatic rings. The quantitative estimate of drug-likeness (QED) is 0.283. The topological polar surface area (TPSA) is 17.1 Å². The molecule has 0 fully saturated rings.